The lowest BCUT2D eigenvalue weighted by Gasteiger charge is -2.33. The molecule has 6 nitrogen and oxygen atoms in total. The molecule has 0 fully saturated rings. The molecule has 0 aliphatic heterocycles. The van der Waals surface area contributed by atoms with Gasteiger partial charge in [0.2, 0.25) is 0 Å². The highest BCUT2D eigenvalue weighted by molar-refractivity contribution is 6.13. The first-order valence-corrected chi connectivity index (χ1v) is 11.3. The van der Waals surface area contributed by atoms with Crippen molar-refractivity contribution in [1.29, 1.82) is 0 Å². The topological polar surface area (TPSA) is 59.1 Å². The van der Waals surface area contributed by atoms with E-state index >= 15 is 0 Å². The molecule has 0 aliphatic rings. The van der Waals surface area contributed by atoms with Crippen LogP contribution in [0.5, 0.6) is 11.5 Å². The number of benzene rings is 4. The van der Waals surface area contributed by atoms with E-state index in [1.54, 1.807) is 111 Å². The average molecular weight is 479 g/mol. The molecule has 0 heterocycles. The van der Waals surface area contributed by atoms with Gasteiger partial charge in [-0.25, -0.2) is 0 Å². The van der Waals surface area contributed by atoms with Crippen LogP contribution in [-0.2, 0) is 0 Å². The van der Waals surface area contributed by atoms with E-state index in [-0.39, 0.29) is 17.6 Å². The van der Waals surface area contributed by atoms with E-state index in [0.29, 0.717) is 34.0 Å². The van der Waals surface area contributed by atoms with Gasteiger partial charge in [0.25, 0.3) is 11.8 Å². The lowest BCUT2D eigenvalue weighted by Crippen LogP contribution is -2.42. The molecule has 180 valence electrons. The number of anilines is 2. The van der Waals surface area contributed by atoms with Crippen LogP contribution in [-0.4, -0.2) is 26.0 Å². The molecule has 0 saturated heterocycles. The summed E-state index contributed by atoms with van der Waals surface area (Å²) < 4.78 is 10.6. The van der Waals surface area contributed by atoms with E-state index in [2.05, 4.69) is 6.58 Å². The van der Waals surface area contributed by atoms with Crippen molar-refractivity contribution >= 4 is 23.2 Å². The van der Waals surface area contributed by atoms with Gasteiger partial charge in [0.1, 0.15) is 17.3 Å². The Kier molecular flexibility index (Phi) is 7.46. The molecule has 4 rings (SSSR count). The SMILES string of the molecule is C=C(N(C(=O)c1ccccc1)c1ccc(OC)cc1)N(C(=O)c1ccccc1)c1ccc(OC)cc1. The van der Waals surface area contributed by atoms with Gasteiger partial charge >= 0.3 is 0 Å². The number of ether oxygens (including phenoxy) is 2. The largest absolute Gasteiger partial charge is 0.497 e. The van der Waals surface area contributed by atoms with E-state index in [0.717, 1.165) is 0 Å². The molecule has 6 heteroatoms. The summed E-state index contributed by atoms with van der Waals surface area (Å²) in [4.78, 5) is 30.5. The molecule has 0 unspecified atom stereocenters. The van der Waals surface area contributed by atoms with Gasteiger partial charge in [0, 0.05) is 11.1 Å². The second-order valence-corrected chi connectivity index (χ2v) is 7.83. The molecule has 4 aromatic carbocycles. The molecule has 0 atom stereocenters. The monoisotopic (exact) mass is 478 g/mol. The molecule has 0 radical (unpaired) electrons. The minimum Gasteiger partial charge on any atom is -0.497 e. The van der Waals surface area contributed by atoms with Gasteiger partial charge in [0.15, 0.2) is 0 Å². The van der Waals surface area contributed by atoms with Crippen LogP contribution in [0.3, 0.4) is 0 Å². The molecule has 0 aromatic heterocycles. The molecule has 0 aliphatic carbocycles. The highest BCUT2D eigenvalue weighted by Crippen LogP contribution is 2.31. The van der Waals surface area contributed by atoms with Gasteiger partial charge in [-0.15, -0.1) is 0 Å². The second kappa shape index (κ2) is 11.1. The van der Waals surface area contributed by atoms with Crippen LogP contribution in [0.15, 0.2) is 122 Å². The summed E-state index contributed by atoms with van der Waals surface area (Å²) in [5.74, 6) is 0.802. The van der Waals surface area contributed by atoms with Gasteiger partial charge in [-0.05, 0) is 72.8 Å². The maximum Gasteiger partial charge on any atom is 0.263 e. The van der Waals surface area contributed by atoms with Crippen molar-refractivity contribution in [3.05, 3.63) is 133 Å². The molecule has 0 bridgehead atoms. The van der Waals surface area contributed by atoms with E-state index in [1.165, 1.54) is 9.80 Å². The Morgan fingerprint density at radius 3 is 1.19 bits per heavy atom. The number of amides is 2. The Bertz CT molecular complexity index is 1230. The molecule has 2 amide bonds. The molecule has 0 saturated carbocycles. The van der Waals surface area contributed by atoms with E-state index in [4.69, 9.17) is 9.47 Å². The fraction of sp³-hybridized carbons (Fsp3) is 0.0667. The number of hydrogen-bond donors (Lipinski definition) is 0. The standard InChI is InChI=1S/C30H26N2O4/c1-22(31(25-14-18-27(35-2)19-15-25)29(33)23-10-6-4-7-11-23)32(26-16-20-28(36-3)21-17-26)30(34)24-12-8-5-9-13-24/h4-21H,1H2,2-3H3. The highest BCUT2D eigenvalue weighted by atomic mass is 16.5. The molecule has 36 heavy (non-hydrogen) atoms. The number of hydrogen-bond acceptors (Lipinski definition) is 4. The lowest BCUT2D eigenvalue weighted by molar-refractivity contribution is 0.0983. The summed E-state index contributed by atoms with van der Waals surface area (Å²) in [6.45, 7) is 4.23. The highest BCUT2D eigenvalue weighted by Gasteiger charge is 2.29. The van der Waals surface area contributed by atoms with Gasteiger partial charge in [-0.3, -0.25) is 19.4 Å². The third-order valence-corrected chi connectivity index (χ3v) is 5.63. The summed E-state index contributed by atoms with van der Waals surface area (Å²) in [6, 6.07) is 31.8. The zero-order chi connectivity index (χ0) is 25.5. The van der Waals surface area contributed by atoms with Crippen LogP contribution >= 0.6 is 0 Å². The molecule has 4 aromatic rings. The first kappa shape index (κ1) is 24.3. The van der Waals surface area contributed by atoms with Crippen LogP contribution in [0.25, 0.3) is 0 Å². The summed E-state index contributed by atoms with van der Waals surface area (Å²) in [5.41, 5.74) is 1.98. The molecular weight excluding hydrogens is 452 g/mol. The minimum absolute atomic E-state index is 0.174. The van der Waals surface area contributed by atoms with Crippen molar-refractivity contribution in [2.75, 3.05) is 24.0 Å². The smallest absolute Gasteiger partial charge is 0.263 e. The first-order chi connectivity index (χ1) is 17.5. The van der Waals surface area contributed by atoms with Crippen molar-refractivity contribution in [3.8, 4) is 11.5 Å². The van der Waals surface area contributed by atoms with Crippen LogP contribution < -0.4 is 19.3 Å². The van der Waals surface area contributed by atoms with Crippen molar-refractivity contribution in [2.24, 2.45) is 0 Å². The first-order valence-electron chi connectivity index (χ1n) is 11.3. The quantitative estimate of drug-likeness (QED) is 0.304. The molecule has 0 N–H and O–H groups in total. The number of nitrogens with zero attached hydrogens (tertiary/aromatic N) is 2. The van der Waals surface area contributed by atoms with E-state index in [9.17, 15) is 9.59 Å². The number of carbonyl (C=O) groups is 2. The average Bonchev–Trinajstić information content (AvgIpc) is 2.95. The van der Waals surface area contributed by atoms with Crippen LogP contribution in [0.1, 0.15) is 20.7 Å². The van der Waals surface area contributed by atoms with Crippen molar-refractivity contribution < 1.29 is 19.1 Å². The number of carbonyl (C=O) groups excluding carboxylic acids is 2. The normalized spacial score (nSPS) is 10.3. The van der Waals surface area contributed by atoms with Gasteiger partial charge in [-0.2, -0.15) is 0 Å². The maximum atomic E-state index is 13.8. The van der Waals surface area contributed by atoms with Gasteiger partial charge < -0.3 is 9.47 Å². The number of rotatable bonds is 8. The van der Waals surface area contributed by atoms with E-state index in [1.807, 2.05) is 12.1 Å². The predicted molar refractivity (Wildman–Crippen MR) is 142 cm³/mol. The summed E-state index contributed by atoms with van der Waals surface area (Å²) in [7, 11) is 3.15. The van der Waals surface area contributed by atoms with Gasteiger partial charge in [0.05, 0.1) is 25.6 Å². The Hall–Kier alpha value is -4.84. The van der Waals surface area contributed by atoms with Crippen molar-refractivity contribution in [3.63, 3.8) is 0 Å². The molecule has 0 spiro atoms. The third-order valence-electron chi connectivity index (χ3n) is 5.63. The molecular formula is C30H26N2O4. The Morgan fingerprint density at radius 2 is 0.889 bits per heavy atom. The predicted octanol–water partition coefficient (Wildman–Crippen LogP) is 6.17. The Balaban J connectivity index is 1.84. The van der Waals surface area contributed by atoms with Crippen LogP contribution in [0.4, 0.5) is 11.4 Å². The third kappa shape index (κ3) is 5.13. The Morgan fingerprint density at radius 1 is 0.556 bits per heavy atom. The van der Waals surface area contributed by atoms with Crippen LogP contribution in [0, 0.1) is 0 Å². The number of methoxy groups -OCH3 is 2. The second-order valence-electron chi connectivity index (χ2n) is 7.83. The Labute approximate surface area is 210 Å². The summed E-state index contributed by atoms with van der Waals surface area (Å²) in [5, 5.41) is 0. The fourth-order valence-electron chi connectivity index (χ4n) is 3.75. The van der Waals surface area contributed by atoms with Gasteiger partial charge in [-0.1, -0.05) is 43.0 Å². The van der Waals surface area contributed by atoms with Crippen molar-refractivity contribution in [2.45, 2.75) is 0 Å². The maximum absolute atomic E-state index is 13.8. The summed E-state index contributed by atoms with van der Waals surface area (Å²) >= 11 is 0. The fourth-order valence-corrected chi connectivity index (χ4v) is 3.75. The van der Waals surface area contributed by atoms with Crippen LogP contribution in [0.2, 0.25) is 0 Å². The zero-order valence-electron chi connectivity index (χ0n) is 20.1. The minimum atomic E-state index is -0.329. The van der Waals surface area contributed by atoms with E-state index < -0.39 is 0 Å². The zero-order valence-corrected chi connectivity index (χ0v) is 20.1. The lowest BCUT2D eigenvalue weighted by atomic mass is 10.1. The summed E-state index contributed by atoms with van der Waals surface area (Å²) in [6.07, 6.45) is 0. The van der Waals surface area contributed by atoms with Crippen molar-refractivity contribution in [1.82, 2.24) is 0 Å².